The van der Waals surface area contributed by atoms with Gasteiger partial charge < -0.3 is 15.3 Å². The maximum absolute atomic E-state index is 13.1. The van der Waals surface area contributed by atoms with E-state index in [1.807, 2.05) is 30.3 Å². The van der Waals surface area contributed by atoms with Crippen molar-refractivity contribution in [3.63, 3.8) is 0 Å². The maximum Gasteiger partial charge on any atom is 0.336 e. The molecule has 1 heterocycles. The third kappa shape index (κ3) is 6.42. The molecule has 1 aliphatic heterocycles. The molecule has 1 amide bonds. The highest BCUT2D eigenvalue weighted by Gasteiger charge is 2.20. The Morgan fingerprint density at radius 2 is 1.88 bits per heavy atom. The summed E-state index contributed by atoms with van der Waals surface area (Å²) in [5.74, 6) is 11.3. The monoisotopic (exact) mass is 532 g/mol. The van der Waals surface area contributed by atoms with Crippen molar-refractivity contribution in [2.45, 2.75) is 38.1 Å². The molecule has 0 saturated carbocycles. The summed E-state index contributed by atoms with van der Waals surface area (Å²) < 4.78 is 13.1. The van der Waals surface area contributed by atoms with Crippen molar-refractivity contribution in [2.75, 3.05) is 18.0 Å². The average molecular weight is 533 g/mol. The number of amides is 1. The van der Waals surface area contributed by atoms with E-state index in [-0.39, 0.29) is 23.2 Å². The van der Waals surface area contributed by atoms with Crippen molar-refractivity contribution in [1.82, 2.24) is 5.32 Å². The van der Waals surface area contributed by atoms with E-state index in [2.05, 4.69) is 40.0 Å². The molecule has 2 N–H and O–H groups in total. The molecule has 5 rings (SSSR count). The van der Waals surface area contributed by atoms with Crippen LogP contribution < -0.4 is 10.2 Å². The van der Waals surface area contributed by atoms with E-state index in [1.54, 1.807) is 24.3 Å². The number of aryl methyl sites for hydroxylation is 1. The van der Waals surface area contributed by atoms with Crippen LogP contribution in [0, 0.1) is 29.5 Å². The van der Waals surface area contributed by atoms with E-state index in [1.165, 1.54) is 12.1 Å². The highest BCUT2D eigenvalue weighted by Crippen LogP contribution is 2.29. The number of nitrogens with zero attached hydrogens (tertiary/aromatic N) is 1. The number of hydrogen-bond donors (Lipinski definition) is 2. The number of benzene rings is 3. The molecule has 0 aromatic heterocycles. The first-order chi connectivity index (χ1) is 19.5. The summed E-state index contributed by atoms with van der Waals surface area (Å²) in [4.78, 5) is 26.8. The van der Waals surface area contributed by atoms with Crippen LogP contribution in [-0.4, -0.2) is 30.1 Å². The first-order valence-corrected chi connectivity index (χ1v) is 13.4. The fourth-order valence-electron chi connectivity index (χ4n) is 5.09. The van der Waals surface area contributed by atoms with Crippen LogP contribution in [-0.2, 0) is 13.0 Å². The molecule has 0 bridgehead atoms. The second kappa shape index (κ2) is 12.4. The van der Waals surface area contributed by atoms with Gasteiger partial charge in [-0.2, -0.15) is 0 Å². The Hall–Kier alpha value is -4.81. The van der Waals surface area contributed by atoms with Gasteiger partial charge in [0.15, 0.2) is 0 Å². The number of carbonyl (C=O) groups excluding carboxylic acids is 1. The summed E-state index contributed by atoms with van der Waals surface area (Å²) in [5, 5.41) is 12.5. The van der Waals surface area contributed by atoms with Gasteiger partial charge >= 0.3 is 5.97 Å². The summed E-state index contributed by atoms with van der Waals surface area (Å²) in [6.45, 7) is 1.87. The van der Waals surface area contributed by atoms with Crippen LogP contribution in [0.25, 0.3) is 0 Å². The Balaban J connectivity index is 1.26. The van der Waals surface area contributed by atoms with Gasteiger partial charge in [-0.1, -0.05) is 60.1 Å². The lowest BCUT2D eigenvalue weighted by Gasteiger charge is -2.31. The number of carboxylic acids is 1. The zero-order chi connectivity index (χ0) is 27.9. The average Bonchev–Trinajstić information content (AvgIpc) is 3.09. The summed E-state index contributed by atoms with van der Waals surface area (Å²) in [5.41, 5.74) is 5.62. The number of nitrogens with one attached hydrogen (secondary N) is 1. The molecular formula is C34H29FN2O3. The van der Waals surface area contributed by atoms with E-state index in [0.717, 1.165) is 41.8 Å². The standard InChI is InChI=1S/C34H29FN2O3/c35-29-17-14-24(15-18-29)22-36-33(38)28-16-19-32-27(21-28)11-6-20-37(32)23-25-7-1-2-9-26(10-5-8-25)30-12-3-4-13-31(30)34(39)40/h3-4,7,12-19,21,26H,1,6,10-11,20,22-23H2,(H,36,38)(H,39,40)/b25-7+. The molecule has 1 aliphatic carbocycles. The molecule has 3 aromatic rings. The first-order valence-electron chi connectivity index (χ1n) is 13.4. The Bertz CT molecular complexity index is 1590. The number of carbonyl (C=O) groups is 2. The number of carboxylic acid groups (broad SMARTS) is 1. The minimum atomic E-state index is -0.957. The molecule has 200 valence electrons. The smallest absolute Gasteiger partial charge is 0.336 e. The van der Waals surface area contributed by atoms with Gasteiger partial charge in [-0.05, 0) is 65.9 Å². The third-order valence-corrected chi connectivity index (χ3v) is 7.13. The molecule has 3 aromatic carbocycles. The van der Waals surface area contributed by atoms with E-state index in [4.69, 9.17) is 0 Å². The second-order valence-corrected chi connectivity index (χ2v) is 9.88. The Kier molecular flexibility index (Phi) is 8.28. The van der Waals surface area contributed by atoms with Gasteiger partial charge in [0.25, 0.3) is 5.91 Å². The van der Waals surface area contributed by atoms with Crippen molar-refractivity contribution in [1.29, 1.82) is 0 Å². The highest BCUT2D eigenvalue weighted by atomic mass is 19.1. The summed E-state index contributed by atoms with van der Waals surface area (Å²) in [6, 6.07) is 18.9. The molecular weight excluding hydrogens is 503 g/mol. The van der Waals surface area contributed by atoms with E-state index in [0.29, 0.717) is 37.1 Å². The van der Waals surface area contributed by atoms with Crippen molar-refractivity contribution >= 4 is 17.6 Å². The van der Waals surface area contributed by atoms with Gasteiger partial charge in [0.2, 0.25) is 0 Å². The predicted octanol–water partition coefficient (Wildman–Crippen LogP) is 5.72. The molecule has 0 saturated heterocycles. The molecule has 40 heavy (non-hydrogen) atoms. The molecule has 0 radical (unpaired) electrons. The Morgan fingerprint density at radius 1 is 1.05 bits per heavy atom. The minimum absolute atomic E-state index is 0.160. The lowest BCUT2D eigenvalue weighted by Crippen LogP contribution is -2.31. The van der Waals surface area contributed by atoms with E-state index in [9.17, 15) is 19.1 Å². The predicted molar refractivity (Wildman–Crippen MR) is 154 cm³/mol. The van der Waals surface area contributed by atoms with Gasteiger partial charge in [0.05, 0.1) is 18.0 Å². The maximum atomic E-state index is 13.1. The van der Waals surface area contributed by atoms with Crippen LogP contribution in [0.5, 0.6) is 0 Å². The molecule has 2 aliphatic rings. The van der Waals surface area contributed by atoms with Gasteiger partial charge in [0.1, 0.15) is 5.82 Å². The fourth-order valence-corrected chi connectivity index (χ4v) is 5.09. The molecule has 0 spiro atoms. The van der Waals surface area contributed by atoms with E-state index < -0.39 is 5.97 Å². The van der Waals surface area contributed by atoms with Gasteiger partial charge in [-0.15, -0.1) is 0 Å². The summed E-state index contributed by atoms with van der Waals surface area (Å²) >= 11 is 0. The topological polar surface area (TPSA) is 69.6 Å². The lowest BCUT2D eigenvalue weighted by atomic mass is 9.92. The molecule has 6 heteroatoms. The van der Waals surface area contributed by atoms with Crippen LogP contribution in [0.1, 0.15) is 62.6 Å². The molecule has 1 atom stereocenters. The van der Waals surface area contributed by atoms with Gasteiger partial charge in [-0.25, -0.2) is 9.18 Å². The minimum Gasteiger partial charge on any atom is -0.478 e. The number of fused-ring (bicyclic) bond motifs is 1. The van der Waals surface area contributed by atoms with Crippen LogP contribution >= 0.6 is 0 Å². The van der Waals surface area contributed by atoms with Crippen molar-refractivity contribution in [2.24, 2.45) is 0 Å². The fraction of sp³-hybridized carbons (Fsp3) is 0.235. The van der Waals surface area contributed by atoms with E-state index >= 15 is 0 Å². The second-order valence-electron chi connectivity index (χ2n) is 9.88. The summed E-state index contributed by atoms with van der Waals surface area (Å²) in [6.07, 6.45) is 4.93. The molecule has 5 nitrogen and oxygen atoms in total. The third-order valence-electron chi connectivity index (χ3n) is 7.13. The van der Waals surface area contributed by atoms with Crippen molar-refractivity contribution in [3.05, 3.63) is 112 Å². The van der Waals surface area contributed by atoms with Crippen molar-refractivity contribution < 1.29 is 19.1 Å². The van der Waals surface area contributed by atoms with Crippen molar-refractivity contribution in [3.8, 4) is 23.7 Å². The first kappa shape index (κ1) is 26.8. The number of allylic oxidation sites excluding steroid dienone is 1. The Labute approximate surface area is 233 Å². The number of anilines is 1. The number of aromatic carboxylic acids is 1. The number of halogens is 1. The van der Waals surface area contributed by atoms with Crippen LogP contribution in [0.2, 0.25) is 0 Å². The van der Waals surface area contributed by atoms with Crippen LogP contribution in [0.15, 0.2) is 78.4 Å². The Morgan fingerprint density at radius 3 is 2.70 bits per heavy atom. The SMILES string of the molecule is O=C(NCc1ccc(F)cc1)c1ccc2c(c1)CCCN2C/C1=C/CC#CC(c2ccccc2C(=O)O)CC#C1. The van der Waals surface area contributed by atoms with Gasteiger partial charge in [-0.3, -0.25) is 4.79 Å². The van der Waals surface area contributed by atoms with Gasteiger partial charge in [0, 0.05) is 42.8 Å². The quantitative estimate of drug-likeness (QED) is 0.382. The lowest BCUT2D eigenvalue weighted by molar-refractivity contribution is 0.0695. The summed E-state index contributed by atoms with van der Waals surface area (Å²) in [7, 11) is 0. The normalized spacial score (nSPS) is 17.3. The molecule has 1 unspecified atom stereocenters. The zero-order valence-electron chi connectivity index (χ0n) is 22.0. The zero-order valence-corrected chi connectivity index (χ0v) is 22.0. The highest BCUT2D eigenvalue weighted by molar-refractivity contribution is 5.95. The van der Waals surface area contributed by atoms with Crippen LogP contribution in [0.3, 0.4) is 0 Å². The van der Waals surface area contributed by atoms with Crippen LogP contribution in [0.4, 0.5) is 10.1 Å². The molecule has 0 fully saturated rings. The number of rotatable bonds is 7. The number of hydrogen-bond acceptors (Lipinski definition) is 3. The largest absolute Gasteiger partial charge is 0.478 e.